The van der Waals surface area contributed by atoms with E-state index in [2.05, 4.69) is 26.1 Å². The molecule has 0 saturated heterocycles. The second kappa shape index (κ2) is 5.40. The summed E-state index contributed by atoms with van der Waals surface area (Å²) in [7, 11) is -2.10. The van der Waals surface area contributed by atoms with Crippen molar-refractivity contribution in [2.75, 3.05) is 7.05 Å². The monoisotopic (exact) mass is 345 g/mol. The molecular weight excluding hydrogens is 334 g/mol. The SMILES string of the molecule is Cc1cc(CN(C)S(=O)(=O)c2cncc(Br)c2)no1. The van der Waals surface area contributed by atoms with Gasteiger partial charge in [0.2, 0.25) is 10.0 Å². The first-order valence-electron chi connectivity index (χ1n) is 5.38. The zero-order chi connectivity index (χ0) is 14.0. The normalized spacial score (nSPS) is 12.0. The fraction of sp³-hybridized carbons (Fsp3) is 0.273. The molecule has 2 aromatic rings. The van der Waals surface area contributed by atoms with Crippen LogP contribution in [0.5, 0.6) is 0 Å². The summed E-state index contributed by atoms with van der Waals surface area (Å²) in [4.78, 5) is 3.99. The number of hydrogen-bond acceptors (Lipinski definition) is 5. The van der Waals surface area contributed by atoms with E-state index in [1.807, 2.05) is 0 Å². The average Bonchev–Trinajstić information content (AvgIpc) is 2.74. The molecule has 0 aliphatic heterocycles. The summed E-state index contributed by atoms with van der Waals surface area (Å²) in [5, 5.41) is 3.77. The van der Waals surface area contributed by atoms with Gasteiger partial charge in [0.05, 0.1) is 12.2 Å². The van der Waals surface area contributed by atoms with Crippen molar-refractivity contribution in [2.24, 2.45) is 0 Å². The summed E-state index contributed by atoms with van der Waals surface area (Å²) in [5.41, 5.74) is 0.562. The number of aromatic nitrogens is 2. The third-order valence-electron chi connectivity index (χ3n) is 2.45. The summed E-state index contributed by atoms with van der Waals surface area (Å²) in [6.07, 6.45) is 2.84. The Morgan fingerprint density at radius 3 is 2.68 bits per heavy atom. The molecule has 0 radical (unpaired) electrons. The van der Waals surface area contributed by atoms with Crippen molar-refractivity contribution < 1.29 is 12.9 Å². The van der Waals surface area contributed by atoms with E-state index in [0.29, 0.717) is 15.9 Å². The molecule has 102 valence electrons. The van der Waals surface area contributed by atoms with Gasteiger partial charge in [-0.25, -0.2) is 8.42 Å². The van der Waals surface area contributed by atoms with Gasteiger partial charge in [0.1, 0.15) is 10.7 Å². The number of pyridine rings is 1. The van der Waals surface area contributed by atoms with Gasteiger partial charge in [-0.15, -0.1) is 0 Å². The van der Waals surface area contributed by atoms with E-state index in [0.717, 1.165) is 0 Å². The Morgan fingerprint density at radius 2 is 2.11 bits per heavy atom. The largest absolute Gasteiger partial charge is 0.361 e. The van der Waals surface area contributed by atoms with Crippen LogP contribution in [0.2, 0.25) is 0 Å². The van der Waals surface area contributed by atoms with E-state index in [9.17, 15) is 8.42 Å². The fourth-order valence-electron chi connectivity index (χ4n) is 1.52. The van der Waals surface area contributed by atoms with E-state index in [4.69, 9.17) is 4.52 Å². The Bertz CT molecular complexity index is 684. The number of rotatable bonds is 4. The first-order chi connectivity index (χ1) is 8.89. The summed E-state index contributed by atoms with van der Waals surface area (Å²) in [6.45, 7) is 1.90. The van der Waals surface area contributed by atoms with Gasteiger partial charge in [0.15, 0.2) is 0 Å². The van der Waals surface area contributed by atoms with Gasteiger partial charge in [-0.1, -0.05) is 5.16 Å². The molecule has 0 aliphatic carbocycles. The van der Waals surface area contributed by atoms with Crippen molar-refractivity contribution in [3.63, 3.8) is 0 Å². The maximum absolute atomic E-state index is 12.3. The predicted molar refractivity (Wildman–Crippen MR) is 71.8 cm³/mol. The van der Waals surface area contributed by atoms with Crippen LogP contribution in [0.1, 0.15) is 11.5 Å². The van der Waals surface area contributed by atoms with Crippen LogP contribution in [-0.4, -0.2) is 29.9 Å². The predicted octanol–water partition coefficient (Wildman–Crippen LogP) is 1.96. The Balaban J connectivity index is 2.24. The molecule has 2 aromatic heterocycles. The standard InChI is InChI=1S/C11H12BrN3O3S/c1-8-3-10(14-18-8)7-15(2)19(16,17)11-4-9(12)5-13-6-11/h3-6H,7H2,1-2H3. The molecular formula is C11H12BrN3O3S. The Labute approximate surface area is 119 Å². The molecule has 6 nitrogen and oxygen atoms in total. The van der Waals surface area contributed by atoms with E-state index >= 15 is 0 Å². The lowest BCUT2D eigenvalue weighted by atomic mass is 10.4. The van der Waals surface area contributed by atoms with Crippen molar-refractivity contribution in [1.29, 1.82) is 0 Å². The summed E-state index contributed by atoms with van der Waals surface area (Å²) < 4.78 is 31.3. The van der Waals surface area contributed by atoms with E-state index in [1.165, 1.54) is 29.8 Å². The molecule has 19 heavy (non-hydrogen) atoms. The minimum atomic E-state index is -3.59. The topological polar surface area (TPSA) is 76.3 Å². The van der Waals surface area contributed by atoms with E-state index in [-0.39, 0.29) is 11.4 Å². The Kier molecular flexibility index (Phi) is 4.02. The molecule has 0 amide bonds. The van der Waals surface area contributed by atoms with Crippen molar-refractivity contribution in [2.45, 2.75) is 18.4 Å². The van der Waals surface area contributed by atoms with Gasteiger partial charge in [0, 0.05) is 30.0 Å². The number of sulfonamides is 1. The van der Waals surface area contributed by atoms with Crippen LogP contribution in [0.25, 0.3) is 0 Å². The summed E-state index contributed by atoms with van der Waals surface area (Å²) in [5.74, 6) is 0.643. The van der Waals surface area contributed by atoms with Crippen LogP contribution in [0.3, 0.4) is 0 Å². The van der Waals surface area contributed by atoms with Gasteiger partial charge in [0.25, 0.3) is 0 Å². The highest BCUT2D eigenvalue weighted by Gasteiger charge is 2.22. The second-order valence-electron chi connectivity index (χ2n) is 4.03. The number of nitrogens with zero attached hydrogens (tertiary/aromatic N) is 3. The maximum atomic E-state index is 12.3. The highest BCUT2D eigenvalue weighted by molar-refractivity contribution is 9.10. The average molecular weight is 346 g/mol. The summed E-state index contributed by atoms with van der Waals surface area (Å²) in [6, 6.07) is 3.21. The van der Waals surface area contributed by atoms with Crippen LogP contribution < -0.4 is 0 Å². The highest BCUT2D eigenvalue weighted by atomic mass is 79.9. The van der Waals surface area contributed by atoms with Gasteiger partial charge in [-0.2, -0.15) is 4.31 Å². The third kappa shape index (κ3) is 3.20. The molecule has 0 fully saturated rings. The van der Waals surface area contributed by atoms with Crippen molar-refractivity contribution in [1.82, 2.24) is 14.4 Å². The van der Waals surface area contributed by atoms with Crippen molar-refractivity contribution in [3.05, 3.63) is 40.5 Å². The Morgan fingerprint density at radius 1 is 1.37 bits per heavy atom. The lowest BCUT2D eigenvalue weighted by molar-refractivity contribution is 0.378. The van der Waals surface area contributed by atoms with Gasteiger partial charge in [-0.3, -0.25) is 4.98 Å². The first kappa shape index (κ1) is 14.2. The lowest BCUT2D eigenvalue weighted by Crippen LogP contribution is -2.26. The van der Waals surface area contributed by atoms with Gasteiger partial charge < -0.3 is 4.52 Å². The molecule has 0 spiro atoms. The minimum absolute atomic E-state index is 0.129. The molecule has 0 aliphatic rings. The molecule has 0 saturated carbocycles. The van der Waals surface area contributed by atoms with E-state index < -0.39 is 10.0 Å². The Hall–Kier alpha value is -1.25. The van der Waals surface area contributed by atoms with Gasteiger partial charge in [-0.05, 0) is 28.9 Å². The molecule has 2 heterocycles. The zero-order valence-electron chi connectivity index (χ0n) is 10.4. The van der Waals surface area contributed by atoms with Crippen LogP contribution in [-0.2, 0) is 16.6 Å². The molecule has 8 heteroatoms. The zero-order valence-corrected chi connectivity index (χ0v) is 12.8. The van der Waals surface area contributed by atoms with Crippen molar-refractivity contribution in [3.8, 4) is 0 Å². The van der Waals surface area contributed by atoms with Crippen LogP contribution in [0.15, 0.2) is 38.4 Å². The van der Waals surface area contributed by atoms with Crippen LogP contribution in [0, 0.1) is 6.92 Å². The van der Waals surface area contributed by atoms with Crippen LogP contribution >= 0.6 is 15.9 Å². The third-order valence-corrected chi connectivity index (χ3v) is 4.65. The smallest absolute Gasteiger partial charge is 0.244 e. The number of aryl methyl sites for hydroxylation is 1. The first-order valence-corrected chi connectivity index (χ1v) is 7.62. The van der Waals surface area contributed by atoms with Gasteiger partial charge >= 0.3 is 0 Å². The number of hydrogen-bond donors (Lipinski definition) is 0. The quantitative estimate of drug-likeness (QED) is 0.846. The molecule has 0 atom stereocenters. The molecule has 0 N–H and O–H groups in total. The number of halogens is 1. The molecule has 0 bridgehead atoms. The minimum Gasteiger partial charge on any atom is -0.361 e. The van der Waals surface area contributed by atoms with E-state index in [1.54, 1.807) is 13.0 Å². The maximum Gasteiger partial charge on any atom is 0.244 e. The molecule has 2 rings (SSSR count). The summed E-state index contributed by atoms with van der Waals surface area (Å²) >= 11 is 3.20. The second-order valence-corrected chi connectivity index (χ2v) is 6.99. The fourth-order valence-corrected chi connectivity index (χ4v) is 3.17. The lowest BCUT2D eigenvalue weighted by Gasteiger charge is -2.15. The highest BCUT2D eigenvalue weighted by Crippen LogP contribution is 2.19. The molecule has 0 unspecified atom stereocenters. The van der Waals surface area contributed by atoms with Crippen LogP contribution in [0.4, 0.5) is 0 Å². The van der Waals surface area contributed by atoms with Crippen molar-refractivity contribution >= 4 is 26.0 Å². The molecule has 0 aromatic carbocycles.